The molecule has 2 aromatic carbocycles. The van der Waals surface area contributed by atoms with Crippen LogP contribution in [0.25, 0.3) is 10.2 Å². The monoisotopic (exact) mass is 400 g/mol. The molecule has 1 N–H and O–H groups in total. The lowest BCUT2D eigenvalue weighted by atomic mass is 10.2. The highest BCUT2D eigenvalue weighted by atomic mass is 32.1. The number of rotatable bonds is 4. The van der Waals surface area contributed by atoms with Gasteiger partial charge in [-0.2, -0.15) is 0 Å². The zero-order valence-corrected chi connectivity index (χ0v) is 16.3. The fourth-order valence-electron chi connectivity index (χ4n) is 3.17. The average Bonchev–Trinajstić information content (AvgIpc) is 3.18. The number of benzene rings is 2. The van der Waals surface area contributed by atoms with E-state index in [2.05, 4.69) is 15.2 Å². The van der Waals surface area contributed by atoms with Gasteiger partial charge in [0.1, 0.15) is 17.1 Å². The summed E-state index contributed by atoms with van der Waals surface area (Å²) in [5.41, 5.74) is 1.44. The Morgan fingerprint density at radius 1 is 1.18 bits per heavy atom. The van der Waals surface area contributed by atoms with Crippen molar-refractivity contribution in [1.82, 2.24) is 15.2 Å². The van der Waals surface area contributed by atoms with Crippen LogP contribution in [0.4, 0.5) is 14.3 Å². The highest BCUT2D eigenvalue weighted by Crippen LogP contribution is 2.30. The van der Waals surface area contributed by atoms with Gasteiger partial charge in [-0.1, -0.05) is 29.5 Å². The molecule has 1 fully saturated rings. The number of hydrogen-bond donors (Lipinski definition) is 1. The molecule has 0 unspecified atom stereocenters. The summed E-state index contributed by atoms with van der Waals surface area (Å²) in [7, 11) is 1.63. The third kappa shape index (κ3) is 3.87. The second kappa shape index (κ2) is 8.02. The van der Waals surface area contributed by atoms with Crippen LogP contribution in [0.5, 0.6) is 5.75 Å². The van der Waals surface area contributed by atoms with Gasteiger partial charge in [-0.05, 0) is 29.8 Å². The van der Waals surface area contributed by atoms with Crippen LogP contribution >= 0.6 is 11.3 Å². The molecule has 3 aromatic rings. The number of methoxy groups -OCH3 is 1. The number of nitrogens with zero attached hydrogens (tertiary/aromatic N) is 3. The molecule has 4 rings (SSSR count). The van der Waals surface area contributed by atoms with Crippen LogP contribution in [0.15, 0.2) is 42.5 Å². The summed E-state index contributed by atoms with van der Waals surface area (Å²) in [6, 6.07) is 12.5. The quantitative estimate of drug-likeness (QED) is 0.729. The summed E-state index contributed by atoms with van der Waals surface area (Å²) in [4.78, 5) is 20.8. The highest BCUT2D eigenvalue weighted by molar-refractivity contribution is 7.22. The van der Waals surface area contributed by atoms with Crippen molar-refractivity contribution in [3.05, 3.63) is 53.8 Å². The van der Waals surface area contributed by atoms with Gasteiger partial charge in [0, 0.05) is 32.7 Å². The number of amides is 2. The van der Waals surface area contributed by atoms with Crippen LogP contribution in [0, 0.1) is 5.82 Å². The lowest BCUT2D eigenvalue weighted by molar-refractivity contribution is 0.194. The Balaban J connectivity index is 1.31. The van der Waals surface area contributed by atoms with E-state index in [1.54, 1.807) is 18.1 Å². The largest absolute Gasteiger partial charge is 0.497 e. The Kier molecular flexibility index (Phi) is 5.29. The first-order valence-corrected chi connectivity index (χ1v) is 9.91. The minimum Gasteiger partial charge on any atom is -0.497 e. The second-order valence-corrected chi connectivity index (χ2v) is 7.57. The Labute approximate surface area is 166 Å². The first kappa shape index (κ1) is 18.5. The predicted molar refractivity (Wildman–Crippen MR) is 109 cm³/mol. The number of fused-ring (bicyclic) bond motifs is 1. The number of hydrogen-bond acceptors (Lipinski definition) is 5. The van der Waals surface area contributed by atoms with Gasteiger partial charge in [-0.15, -0.1) is 0 Å². The Hall–Kier alpha value is -2.87. The van der Waals surface area contributed by atoms with E-state index in [9.17, 15) is 9.18 Å². The summed E-state index contributed by atoms with van der Waals surface area (Å²) in [5, 5.41) is 3.76. The first-order valence-electron chi connectivity index (χ1n) is 9.10. The van der Waals surface area contributed by atoms with E-state index in [-0.39, 0.29) is 11.8 Å². The number of piperazine rings is 1. The van der Waals surface area contributed by atoms with E-state index in [0.717, 1.165) is 21.1 Å². The topological polar surface area (TPSA) is 57.7 Å². The molecule has 8 heteroatoms. The average molecular weight is 400 g/mol. The minimum absolute atomic E-state index is 0.0780. The molecule has 0 radical (unpaired) electrons. The maximum absolute atomic E-state index is 13.9. The fourth-order valence-corrected chi connectivity index (χ4v) is 4.20. The lowest BCUT2D eigenvalue weighted by Gasteiger charge is -2.34. The molecule has 2 heterocycles. The normalized spacial score (nSPS) is 14.4. The Morgan fingerprint density at radius 3 is 2.61 bits per heavy atom. The van der Waals surface area contributed by atoms with E-state index >= 15 is 0 Å². The van der Waals surface area contributed by atoms with Gasteiger partial charge < -0.3 is 19.9 Å². The van der Waals surface area contributed by atoms with Gasteiger partial charge in [0.05, 0.1) is 11.8 Å². The van der Waals surface area contributed by atoms with Crippen LogP contribution in [0.3, 0.4) is 0 Å². The number of nitrogens with one attached hydrogen (secondary N) is 1. The Bertz CT molecular complexity index is 968. The van der Waals surface area contributed by atoms with E-state index in [1.165, 1.54) is 17.4 Å². The maximum atomic E-state index is 13.9. The minimum atomic E-state index is -0.295. The van der Waals surface area contributed by atoms with Crippen molar-refractivity contribution < 1.29 is 13.9 Å². The summed E-state index contributed by atoms with van der Waals surface area (Å²) < 4.78 is 19.8. The number of carbonyl (C=O) groups excluding carboxylic acids is 1. The van der Waals surface area contributed by atoms with Crippen molar-refractivity contribution in [2.45, 2.75) is 6.54 Å². The molecule has 0 atom stereocenters. The van der Waals surface area contributed by atoms with Gasteiger partial charge >= 0.3 is 6.03 Å². The molecule has 0 aliphatic carbocycles. The lowest BCUT2D eigenvalue weighted by Crippen LogP contribution is -2.51. The molecule has 1 aliphatic rings. The summed E-state index contributed by atoms with van der Waals surface area (Å²) in [6.07, 6.45) is 0. The molecule has 1 aliphatic heterocycles. The van der Waals surface area contributed by atoms with Gasteiger partial charge in [-0.25, -0.2) is 14.2 Å². The third-order valence-electron chi connectivity index (χ3n) is 4.80. The highest BCUT2D eigenvalue weighted by Gasteiger charge is 2.23. The van der Waals surface area contributed by atoms with Crippen LogP contribution < -0.4 is 15.0 Å². The number of thiazole rings is 1. The van der Waals surface area contributed by atoms with Gasteiger partial charge in [-0.3, -0.25) is 0 Å². The standard InChI is InChI=1S/C20H21FN4O2S/c1-27-15-7-5-14(6-8-15)13-22-19(26)24-9-11-25(12-10-24)20-23-18-16(21)3-2-4-17(18)28-20/h2-8H,9-13H2,1H3,(H,22,26). The molecule has 1 saturated heterocycles. The molecule has 146 valence electrons. The third-order valence-corrected chi connectivity index (χ3v) is 5.88. The van der Waals surface area contributed by atoms with Crippen LogP contribution in [-0.2, 0) is 6.54 Å². The number of ether oxygens (including phenoxy) is 1. The summed E-state index contributed by atoms with van der Waals surface area (Å²) >= 11 is 1.48. The van der Waals surface area contributed by atoms with Crippen molar-refractivity contribution in [3.63, 3.8) is 0 Å². The summed E-state index contributed by atoms with van der Waals surface area (Å²) in [5.74, 6) is 0.498. The van der Waals surface area contributed by atoms with E-state index in [1.807, 2.05) is 30.3 Å². The molecule has 0 spiro atoms. The number of anilines is 1. The zero-order valence-electron chi connectivity index (χ0n) is 15.5. The van der Waals surface area contributed by atoms with Gasteiger partial charge in [0.2, 0.25) is 0 Å². The number of urea groups is 1. The molecular formula is C20H21FN4O2S. The summed E-state index contributed by atoms with van der Waals surface area (Å²) in [6.45, 7) is 3.04. The molecule has 6 nitrogen and oxygen atoms in total. The van der Waals surface area contributed by atoms with Gasteiger partial charge in [0.25, 0.3) is 0 Å². The molecule has 0 bridgehead atoms. The molecule has 28 heavy (non-hydrogen) atoms. The van der Waals surface area contributed by atoms with Crippen molar-refractivity contribution in [3.8, 4) is 5.75 Å². The SMILES string of the molecule is COc1ccc(CNC(=O)N2CCN(c3nc4c(F)cccc4s3)CC2)cc1. The van der Waals surface area contributed by atoms with Crippen molar-refractivity contribution in [2.24, 2.45) is 0 Å². The Morgan fingerprint density at radius 2 is 1.93 bits per heavy atom. The number of carbonyl (C=O) groups is 1. The second-order valence-electron chi connectivity index (χ2n) is 6.56. The van der Waals surface area contributed by atoms with E-state index < -0.39 is 0 Å². The molecule has 0 saturated carbocycles. The van der Waals surface area contributed by atoms with E-state index in [4.69, 9.17) is 4.74 Å². The fraction of sp³-hybridized carbons (Fsp3) is 0.300. The van der Waals surface area contributed by atoms with E-state index in [0.29, 0.717) is 38.2 Å². The maximum Gasteiger partial charge on any atom is 0.317 e. The zero-order chi connectivity index (χ0) is 19.5. The molecular weight excluding hydrogens is 379 g/mol. The number of para-hydroxylation sites is 1. The number of halogens is 1. The molecule has 1 aromatic heterocycles. The van der Waals surface area contributed by atoms with Crippen LogP contribution in [0.2, 0.25) is 0 Å². The van der Waals surface area contributed by atoms with Crippen LogP contribution in [-0.4, -0.2) is 49.2 Å². The smallest absolute Gasteiger partial charge is 0.317 e. The van der Waals surface area contributed by atoms with Crippen molar-refractivity contribution >= 4 is 32.7 Å². The van der Waals surface area contributed by atoms with Crippen molar-refractivity contribution in [1.29, 1.82) is 0 Å². The van der Waals surface area contributed by atoms with Crippen LogP contribution in [0.1, 0.15) is 5.56 Å². The first-order chi connectivity index (χ1) is 13.6. The molecule has 2 amide bonds. The predicted octanol–water partition coefficient (Wildman–Crippen LogP) is 3.48. The van der Waals surface area contributed by atoms with Crippen molar-refractivity contribution in [2.75, 3.05) is 38.2 Å². The number of aromatic nitrogens is 1. The van der Waals surface area contributed by atoms with Gasteiger partial charge in [0.15, 0.2) is 5.13 Å².